The molecule has 0 saturated heterocycles. The first kappa shape index (κ1) is 20.2. The number of fused-ring (bicyclic) bond motifs is 1. The Morgan fingerprint density at radius 2 is 1.79 bits per heavy atom. The van der Waals surface area contributed by atoms with E-state index in [4.69, 9.17) is 0 Å². The van der Waals surface area contributed by atoms with E-state index in [1.165, 1.54) is 6.20 Å². The molecule has 1 aliphatic carbocycles. The predicted molar refractivity (Wildman–Crippen MR) is 101 cm³/mol. The van der Waals surface area contributed by atoms with E-state index in [-0.39, 0.29) is 41.4 Å². The molecule has 0 spiro atoms. The number of alkyl halides is 3. The molecule has 1 aromatic heterocycles. The van der Waals surface area contributed by atoms with Gasteiger partial charge in [0, 0.05) is 42.2 Å². The highest BCUT2D eigenvalue weighted by atomic mass is 19.4. The Bertz CT molecular complexity index is 921. The third kappa shape index (κ3) is 3.84. The maximum atomic E-state index is 13.4. The molecule has 1 aromatic carbocycles. The van der Waals surface area contributed by atoms with Crippen molar-refractivity contribution in [1.29, 1.82) is 0 Å². The topological polar surface area (TPSA) is 62.0 Å². The third-order valence-electron chi connectivity index (χ3n) is 5.44. The fourth-order valence-corrected chi connectivity index (χ4v) is 3.46. The maximum absolute atomic E-state index is 13.4. The first-order valence-electron chi connectivity index (χ1n) is 9.29. The fourth-order valence-electron chi connectivity index (χ4n) is 3.46. The highest BCUT2D eigenvalue weighted by Gasteiger charge is 2.37. The number of nitrogens with one attached hydrogen (secondary N) is 2. The van der Waals surface area contributed by atoms with Crippen molar-refractivity contribution < 1.29 is 22.8 Å². The summed E-state index contributed by atoms with van der Waals surface area (Å²) in [6, 6.07) is 4.86. The number of rotatable bonds is 4. The summed E-state index contributed by atoms with van der Waals surface area (Å²) in [6.45, 7) is 5.99. The predicted octanol–water partition coefficient (Wildman–Crippen LogP) is 4.72. The SMILES string of the molecule is CC(C)C(C)NC=C1C(=O)CC(c2cccc3[nH]cc(C(F)(F)F)c23)CC1=O. The molecule has 2 N–H and O–H groups in total. The summed E-state index contributed by atoms with van der Waals surface area (Å²) in [5.41, 5.74) is 0.0571. The number of carbonyl (C=O) groups excluding carboxylic acids is 2. The van der Waals surface area contributed by atoms with Crippen LogP contribution in [0.25, 0.3) is 10.9 Å². The largest absolute Gasteiger partial charge is 0.418 e. The zero-order chi connectivity index (χ0) is 20.6. The number of ketones is 2. The van der Waals surface area contributed by atoms with Gasteiger partial charge in [-0.3, -0.25) is 9.59 Å². The highest BCUT2D eigenvalue weighted by molar-refractivity contribution is 6.22. The molecule has 0 bridgehead atoms. The lowest BCUT2D eigenvalue weighted by molar-refractivity contribution is -0.136. The minimum absolute atomic E-state index is 0.0108. The second-order valence-corrected chi connectivity index (χ2v) is 7.68. The number of benzene rings is 1. The first-order chi connectivity index (χ1) is 13.1. The number of aromatic nitrogens is 1. The van der Waals surface area contributed by atoms with E-state index in [2.05, 4.69) is 10.3 Å². The van der Waals surface area contributed by atoms with Crippen LogP contribution in [0.4, 0.5) is 13.2 Å². The number of halogens is 3. The van der Waals surface area contributed by atoms with E-state index >= 15 is 0 Å². The van der Waals surface area contributed by atoms with Crippen LogP contribution < -0.4 is 5.32 Å². The normalized spacial score (nSPS) is 19.4. The molecule has 0 aliphatic heterocycles. The Labute approximate surface area is 161 Å². The molecule has 4 nitrogen and oxygen atoms in total. The molecule has 2 aromatic rings. The van der Waals surface area contributed by atoms with E-state index < -0.39 is 17.7 Å². The molecule has 7 heteroatoms. The van der Waals surface area contributed by atoms with Gasteiger partial charge in [0.2, 0.25) is 0 Å². The summed E-state index contributed by atoms with van der Waals surface area (Å²) in [5, 5.41) is 3.11. The summed E-state index contributed by atoms with van der Waals surface area (Å²) in [5.74, 6) is -0.928. The van der Waals surface area contributed by atoms with Crippen LogP contribution >= 0.6 is 0 Å². The van der Waals surface area contributed by atoms with Crippen LogP contribution in [0, 0.1) is 5.92 Å². The van der Waals surface area contributed by atoms with Gasteiger partial charge < -0.3 is 10.3 Å². The monoisotopic (exact) mass is 392 g/mol. The Morgan fingerprint density at radius 1 is 1.14 bits per heavy atom. The van der Waals surface area contributed by atoms with Crippen LogP contribution in [0.2, 0.25) is 0 Å². The van der Waals surface area contributed by atoms with Gasteiger partial charge >= 0.3 is 6.18 Å². The van der Waals surface area contributed by atoms with Gasteiger partial charge in [-0.25, -0.2) is 0 Å². The lowest BCUT2D eigenvalue weighted by atomic mass is 9.79. The number of allylic oxidation sites excluding steroid dienone is 1. The maximum Gasteiger partial charge on any atom is 0.418 e. The van der Waals surface area contributed by atoms with Crippen molar-refractivity contribution in [3.05, 3.63) is 47.3 Å². The minimum Gasteiger partial charge on any atom is -0.387 e. The summed E-state index contributed by atoms with van der Waals surface area (Å²) < 4.78 is 40.2. The Hall–Kier alpha value is -2.57. The molecule has 0 radical (unpaired) electrons. The van der Waals surface area contributed by atoms with Gasteiger partial charge in [0.05, 0.1) is 11.1 Å². The first-order valence-corrected chi connectivity index (χ1v) is 9.29. The van der Waals surface area contributed by atoms with Gasteiger partial charge in [-0.2, -0.15) is 13.2 Å². The van der Waals surface area contributed by atoms with Crippen molar-refractivity contribution in [2.45, 2.75) is 51.7 Å². The summed E-state index contributed by atoms with van der Waals surface area (Å²) in [7, 11) is 0. The van der Waals surface area contributed by atoms with E-state index in [1.54, 1.807) is 18.2 Å². The van der Waals surface area contributed by atoms with Crippen LogP contribution in [0.1, 0.15) is 50.7 Å². The van der Waals surface area contributed by atoms with E-state index in [1.807, 2.05) is 20.8 Å². The molecule has 1 heterocycles. The van der Waals surface area contributed by atoms with Crippen LogP contribution in [-0.2, 0) is 15.8 Å². The van der Waals surface area contributed by atoms with Crippen LogP contribution in [0.5, 0.6) is 0 Å². The lowest BCUT2D eigenvalue weighted by Crippen LogP contribution is -2.31. The number of aromatic amines is 1. The van der Waals surface area contributed by atoms with Gasteiger partial charge in [-0.1, -0.05) is 26.0 Å². The van der Waals surface area contributed by atoms with Crippen LogP contribution in [-0.4, -0.2) is 22.6 Å². The third-order valence-corrected chi connectivity index (χ3v) is 5.44. The molecular formula is C21H23F3N2O2. The van der Waals surface area contributed by atoms with Crippen molar-refractivity contribution in [3.8, 4) is 0 Å². The summed E-state index contributed by atoms with van der Waals surface area (Å²) >= 11 is 0. The second kappa shape index (κ2) is 7.45. The number of Topliss-reactive ketones (excluding diaryl/α,β-unsaturated/α-hetero) is 2. The minimum atomic E-state index is -4.51. The standard InChI is InChI=1S/C21H23F3N2O2/c1-11(2)12(3)25-9-15-18(27)7-13(8-19(15)28)14-5-4-6-17-20(14)16(10-26-17)21(22,23)24/h4-6,9-13,25-26H,7-8H2,1-3H3. The van der Waals surface area contributed by atoms with Gasteiger partial charge in [-0.05, 0) is 30.4 Å². The van der Waals surface area contributed by atoms with Crippen LogP contribution in [0.15, 0.2) is 36.2 Å². The van der Waals surface area contributed by atoms with E-state index in [0.29, 0.717) is 17.0 Å². The Morgan fingerprint density at radius 3 is 2.36 bits per heavy atom. The van der Waals surface area contributed by atoms with Gasteiger partial charge in [-0.15, -0.1) is 0 Å². The number of hydrogen-bond donors (Lipinski definition) is 2. The molecule has 28 heavy (non-hydrogen) atoms. The van der Waals surface area contributed by atoms with Crippen molar-refractivity contribution >= 4 is 22.5 Å². The van der Waals surface area contributed by atoms with Crippen molar-refractivity contribution in [2.24, 2.45) is 5.92 Å². The fraction of sp³-hybridized carbons (Fsp3) is 0.429. The second-order valence-electron chi connectivity index (χ2n) is 7.68. The summed E-state index contributed by atoms with van der Waals surface area (Å²) in [6.07, 6.45) is -2.10. The molecule has 0 amide bonds. The zero-order valence-electron chi connectivity index (χ0n) is 16.0. The quantitative estimate of drug-likeness (QED) is 0.585. The Balaban J connectivity index is 1.92. The highest BCUT2D eigenvalue weighted by Crippen LogP contribution is 2.41. The molecule has 3 rings (SSSR count). The average molecular weight is 392 g/mol. The number of H-pyrrole nitrogens is 1. The molecule has 1 atom stereocenters. The molecule has 1 saturated carbocycles. The van der Waals surface area contributed by atoms with Gasteiger partial charge in [0.25, 0.3) is 0 Å². The summed E-state index contributed by atoms with van der Waals surface area (Å²) in [4.78, 5) is 27.8. The molecule has 1 fully saturated rings. The molecular weight excluding hydrogens is 369 g/mol. The van der Waals surface area contributed by atoms with Crippen molar-refractivity contribution in [3.63, 3.8) is 0 Å². The van der Waals surface area contributed by atoms with E-state index in [0.717, 1.165) is 6.20 Å². The number of carbonyl (C=O) groups is 2. The van der Waals surface area contributed by atoms with Crippen molar-refractivity contribution in [1.82, 2.24) is 10.3 Å². The van der Waals surface area contributed by atoms with Gasteiger partial charge in [0.15, 0.2) is 11.6 Å². The zero-order valence-corrected chi connectivity index (χ0v) is 16.0. The van der Waals surface area contributed by atoms with E-state index in [9.17, 15) is 22.8 Å². The average Bonchev–Trinajstić information content (AvgIpc) is 3.05. The molecule has 1 aliphatic rings. The number of hydrogen-bond acceptors (Lipinski definition) is 3. The molecule has 150 valence electrons. The van der Waals surface area contributed by atoms with Gasteiger partial charge in [0.1, 0.15) is 0 Å². The molecule has 1 unspecified atom stereocenters. The lowest BCUT2D eigenvalue weighted by Gasteiger charge is -2.24. The van der Waals surface area contributed by atoms with Crippen molar-refractivity contribution in [2.75, 3.05) is 0 Å². The smallest absolute Gasteiger partial charge is 0.387 e. The van der Waals surface area contributed by atoms with Crippen LogP contribution in [0.3, 0.4) is 0 Å². The Kier molecular flexibility index (Phi) is 5.37.